The van der Waals surface area contributed by atoms with Crippen LogP contribution in [-0.2, 0) is 24.2 Å². The van der Waals surface area contributed by atoms with Crippen LogP contribution in [0.2, 0.25) is 0 Å². The highest BCUT2D eigenvalue weighted by atomic mass is 79.9. The van der Waals surface area contributed by atoms with E-state index in [2.05, 4.69) is 65.2 Å². The van der Waals surface area contributed by atoms with Gasteiger partial charge in [-0.05, 0) is 128 Å². The molecule has 3 N–H and O–H groups in total. The lowest BCUT2D eigenvalue weighted by molar-refractivity contribution is -0.174. The molecule has 1 aromatic carbocycles. The maximum Gasteiger partial charge on any atom is 0.222 e. The zero-order chi connectivity index (χ0) is 32.9. The highest BCUT2D eigenvalue weighted by Crippen LogP contribution is 2.68. The van der Waals surface area contributed by atoms with Crippen molar-refractivity contribution < 1.29 is 15.0 Å². The predicted octanol–water partition coefficient (Wildman–Crippen LogP) is 7.19. The number of nitrogens with one attached hydrogen (secondary N) is 1. The number of carbonyl (C=O) groups excluding carboxylic acids is 1. The molecule has 7 nitrogen and oxygen atoms in total. The van der Waals surface area contributed by atoms with E-state index in [0.29, 0.717) is 54.4 Å². The summed E-state index contributed by atoms with van der Waals surface area (Å²) >= 11 is 3.54. The molecule has 2 heterocycles. The minimum absolute atomic E-state index is 0.188. The van der Waals surface area contributed by atoms with Gasteiger partial charge >= 0.3 is 0 Å². The van der Waals surface area contributed by atoms with Gasteiger partial charge in [0.25, 0.3) is 0 Å². The summed E-state index contributed by atoms with van der Waals surface area (Å²) in [6, 6.07) is 8.36. The van der Waals surface area contributed by atoms with Gasteiger partial charge in [0, 0.05) is 48.7 Å². The van der Waals surface area contributed by atoms with Crippen molar-refractivity contribution in [1.82, 2.24) is 14.9 Å². The van der Waals surface area contributed by atoms with Crippen molar-refractivity contribution in [3.63, 3.8) is 0 Å². The molecule has 5 aliphatic rings. The Morgan fingerprint density at radius 1 is 1.11 bits per heavy atom. The van der Waals surface area contributed by atoms with Gasteiger partial charge in [-0.15, -0.1) is 0 Å². The molecule has 4 fully saturated rings. The molecule has 1 aromatic heterocycles. The molecule has 4 aliphatic carbocycles. The summed E-state index contributed by atoms with van der Waals surface area (Å²) in [5.74, 6) is 4.01. The number of amides is 1. The molecular weight excluding hydrogens is 652 g/mol. The fourth-order valence-electron chi connectivity index (χ4n) is 11.5. The molecule has 1 amide bonds. The van der Waals surface area contributed by atoms with Crippen LogP contribution in [0.3, 0.4) is 0 Å². The first-order valence-corrected chi connectivity index (χ1v) is 19.3. The van der Waals surface area contributed by atoms with Gasteiger partial charge in [0.1, 0.15) is 0 Å². The average molecular weight is 708 g/mol. The highest BCUT2D eigenvalue weighted by molar-refractivity contribution is 9.10. The summed E-state index contributed by atoms with van der Waals surface area (Å²) < 4.78 is 1.09. The van der Waals surface area contributed by atoms with Crippen LogP contribution in [0.5, 0.6) is 0 Å². The van der Waals surface area contributed by atoms with E-state index in [1.165, 1.54) is 31.2 Å². The number of hydrogen-bond acceptors (Lipinski definition) is 6. The number of benzene rings is 1. The van der Waals surface area contributed by atoms with Gasteiger partial charge in [0.05, 0.1) is 17.9 Å². The second kappa shape index (κ2) is 13.4. The third-order valence-electron chi connectivity index (χ3n) is 14.1. The summed E-state index contributed by atoms with van der Waals surface area (Å²) in [6.07, 6.45) is 13.3. The molecule has 0 spiro atoms. The van der Waals surface area contributed by atoms with Crippen LogP contribution in [-0.4, -0.2) is 56.3 Å². The van der Waals surface area contributed by atoms with E-state index in [4.69, 9.17) is 4.98 Å². The quantitative estimate of drug-likeness (QED) is 0.269. The van der Waals surface area contributed by atoms with Crippen molar-refractivity contribution in [3.8, 4) is 0 Å². The van der Waals surface area contributed by atoms with Crippen molar-refractivity contribution in [3.05, 3.63) is 51.8 Å². The molecule has 256 valence electrons. The molecule has 47 heavy (non-hydrogen) atoms. The van der Waals surface area contributed by atoms with Crippen molar-refractivity contribution in [2.75, 3.05) is 18.4 Å². The standard InChI is InChI=1S/C39H55BrN4O3/c1-24(30-8-9-31-36-32(12-16-39(30,31)3)38(2)15-11-29(45)20-27(38)21-34(36)46)7-10-35(47)44-18-14-33-26(23-44)22-42-37(43-33)41-17-13-25-5-4-6-28(40)19-25/h4-6,19,22,24,27,29-32,34,36,45-46H,7-18,20-21,23H2,1-3H3,(H,41,42,43)/t24-,27+,29-,30-,31+,32+,34+,36+,38+,39-/m1/s1. The Labute approximate surface area is 289 Å². The lowest BCUT2D eigenvalue weighted by atomic mass is 9.43. The van der Waals surface area contributed by atoms with E-state index in [1.54, 1.807) is 0 Å². The van der Waals surface area contributed by atoms with E-state index in [1.807, 2.05) is 17.2 Å². The van der Waals surface area contributed by atoms with Crippen LogP contribution in [0.15, 0.2) is 34.9 Å². The Bertz CT molecular complexity index is 1460. The van der Waals surface area contributed by atoms with Gasteiger partial charge in [-0.3, -0.25) is 4.79 Å². The van der Waals surface area contributed by atoms with Crippen LogP contribution in [0.25, 0.3) is 0 Å². The summed E-state index contributed by atoms with van der Waals surface area (Å²) in [6.45, 7) is 9.49. The first kappa shape index (κ1) is 33.5. The third-order valence-corrected chi connectivity index (χ3v) is 14.6. The maximum atomic E-state index is 13.5. The topological polar surface area (TPSA) is 98.6 Å². The summed E-state index contributed by atoms with van der Waals surface area (Å²) in [4.78, 5) is 24.9. The fraction of sp³-hybridized carbons (Fsp3) is 0.718. The van der Waals surface area contributed by atoms with E-state index < -0.39 is 0 Å². The predicted molar refractivity (Wildman–Crippen MR) is 189 cm³/mol. The van der Waals surface area contributed by atoms with E-state index in [-0.39, 0.29) is 28.9 Å². The molecule has 4 saturated carbocycles. The first-order valence-electron chi connectivity index (χ1n) is 18.5. The number of aromatic nitrogens is 2. The Kier molecular flexibility index (Phi) is 9.51. The van der Waals surface area contributed by atoms with Crippen LogP contribution in [0, 0.1) is 46.3 Å². The molecule has 1 aliphatic heterocycles. The largest absolute Gasteiger partial charge is 0.393 e. The summed E-state index contributed by atoms with van der Waals surface area (Å²) in [5, 5.41) is 25.4. The van der Waals surface area contributed by atoms with Crippen LogP contribution in [0.4, 0.5) is 5.95 Å². The van der Waals surface area contributed by atoms with Gasteiger partial charge in [-0.25, -0.2) is 9.97 Å². The van der Waals surface area contributed by atoms with E-state index in [9.17, 15) is 15.0 Å². The number of hydrogen-bond donors (Lipinski definition) is 3. The van der Waals surface area contributed by atoms with Gasteiger partial charge in [0.2, 0.25) is 11.9 Å². The number of carbonyl (C=O) groups is 1. The van der Waals surface area contributed by atoms with Gasteiger partial charge < -0.3 is 20.4 Å². The van der Waals surface area contributed by atoms with Crippen LogP contribution < -0.4 is 5.32 Å². The van der Waals surface area contributed by atoms with Gasteiger partial charge in [-0.2, -0.15) is 0 Å². The molecule has 0 saturated heterocycles. The molecule has 0 bridgehead atoms. The third kappa shape index (κ3) is 6.40. The Morgan fingerprint density at radius 3 is 2.74 bits per heavy atom. The molecule has 0 radical (unpaired) electrons. The molecule has 2 aromatic rings. The summed E-state index contributed by atoms with van der Waals surface area (Å²) in [5.41, 5.74) is 3.88. The zero-order valence-electron chi connectivity index (χ0n) is 28.6. The SMILES string of the molecule is C[C@H](CCC(=O)N1CCc2nc(NCCc3cccc(Br)c3)ncc2C1)[C@H]1CC[C@H]2[C@@H]3[C@@H](O)C[C@@H]4C[C@H](O)CC[C@]4(C)[C@H]3CC[C@]12C. The lowest BCUT2D eigenvalue weighted by Gasteiger charge is -2.62. The zero-order valence-corrected chi connectivity index (χ0v) is 30.2. The summed E-state index contributed by atoms with van der Waals surface area (Å²) in [7, 11) is 0. The number of aliphatic hydroxyl groups excluding tert-OH is 2. The normalized spacial score (nSPS) is 36.9. The molecule has 8 heteroatoms. The fourth-order valence-corrected chi connectivity index (χ4v) is 12.0. The Morgan fingerprint density at radius 2 is 1.91 bits per heavy atom. The monoisotopic (exact) mass is 706 g/mol. The second-order valence-corrected chi connectivity index (χ2v) is 17.4. The molecule has 10 atom stereocenters. The van der Waals surface area contributed by atoms with Crippen molar-refractivity contribution in [2.45, 2.75) is 117 Å². The molecule has 7 rings (SSSR count). The highest BCUT2D eigenvalue weighted by Gasteiger charge is 2.62. The van der Waals surface area contributed by atoms with Crippen molar-refractivity contribution in [1.29, 1.82) is 0 Å². The Hall–Kier alpha value is -2.03. The van der Waals surface area contributed by atoms with Crippen molar-refractivity contribution in [2.24, 2.45) is 46.3 Å². The second-order valence-electron chi connectivity index (χ2n) is 16.5. The van der Waals surface area contributed by atoms with Crippen molar-refractivity contribution >= 4 is 27.8 Å². The van der Waals surface area contributed by atoms with Crippen LogP contribution in [0.1, 0.15) is 102 Å². The number of halogens is 1. The number of fused-ring (bicyclic) bond motifs is 6. The van der Waals surface area contributed by atoms with Gasteiger partial charge in [-0.1, -0.05) is 48.8 Å². The molecular formula is C39H55BrN4O3. The first-order chi connectivity index (χ1) is 22.5. The van der Waals surface area contributed by atoms with Crippen LogP contribution >= 0.6 is 15.9 Å². The maximum absolute atomic E-state index is 13.5. The molecule has 0 unspecified atom stereocenters. The number of anilines is 1. The minimum Gasteiger partial charge on any atom is -0.393 e. The number of rotatable bonds is 8. The number of nitrogens with zero attached hydrogens (tertiary/aromatic N) is 3. The number of aliphatic hydroxyl groups is 2. The van der Waals surface area contributed by atoms with Gasteiger partial charge in [0.15, 0.2) is 0 Å². The van der Waals surface area contributed by atoms with E-state index >= 15 is 0 Å². The lowest BCUT2D eigenvalue weighted by Crippen LogP contribution is -2.58. The average Bonchev–Trinajstić information content (AvgIpc) is 3.41. The smallest absolute Gasteiger partial charge is 0.222 e. The van der Waals surface area contributed by atoms with E-state index in [0.717, 1.165) is 73.8 Å². The minimum atomic E-state index is -0.238. The Balaban J connectivity index is 0.917.